The molecule has 2 aliphatic heterocycles. The number of rotatable bonds is 6. The first kappa shape index (κ1) is 23.6. The van der Waals surface area contributed by atoms with Crippen LogP contribution >= 0.6 is 11.3 Å². The molecule has 3 amide bonds. The number of ether oxygens (including phenoxy) is 1. The van der Waals surface area contributed by atoms with E-state index in [1.165, 1.54) is 10.4 Å². The number of nitrogens with zero attached hydrogens (tertiary/aromatic N) is 1. The molecule has 9 nitrogen and oxygen atoms in total. The molecule has 33 heavy (non-hydrogen) atoms. The Morgan fingerprint density at radius 1 is 1.18 bits per heavy atom. The van der Waals surface area contributed by atoms with Gasteiger partial charge in [0.25, 0.3) is 5.91 Å². The Balaban J connectivity index is 1.52. The third kappa shape index (κ3) is 4.45. The number of hydrogen-bond acceptors (Lipinski definition) is 7. The molecule has 2 aliphatic rings. The van der Waals surface area contributed by atoms with E-state index in [2.05, 4.69) is 10.6 Å². The predicted octanol–water partition coefficient (Wildman–Crippen LogP) is 2.11. The van der Waals surface area contributed by atoms with Crippen LogP contribution in [0.5, 0.6) is 0 Å². The van der Waals surface area contributed by atoms with Crippen molar-refractivity contribution in [3.63, 3.8) is 0 Å². The highest BCUT2D eigenvalue weighted by Gasteiger charge is 2.42. The summed E-state index contributed by atoms with van der Waals surface area (Å²) in [6.45, 7) is 3.04. The average molecular weight is 492 g/mol. The number of carbonyl (C=O) groups excluding carboxylic acids is 3. The van der Waals surface area contributed by atoms with E-state index in [4.69, 9.17) is 4.74 Å². The molecule has 1 atom stereocenters. The molecule has 3 heterocycles. The Hall–Kier alpha value is -2.60. The van der Waals surface area contributed by atoms with Crippen molar-refractivity contribution in [2.75, 3.05) is 31.6 Å². The maximum Gasteiger partial charge on any atom is 0.267 e. The van der Waals surface area contributed by atoms with Gasteiger partial charge in [0, 0.05) is 25.2 Å². The second-order valence-electron chi connectivity index (χ2n) is 7.97. The second-order valence-corrected chi connectivity index (χ2v) is 10.8. The van der Waals surface area contributed by atoms with Gasteiger partial charge in [0.05, 0.1) is 18.6 Å². The van der Waals surface area contributed by atoms with Gasteiger partial charge < -0.3 is 10.1 Å². The van der Waals surface area contributed by atoms with E-state index < -0.39 is 21.3 Å². The number of hydrogen-bond donors (Lipinski definition) is 2. The number of thiophene rings is 1. The van der Waals surface area contributed by atoms with Gasteiger partial charge in [-0.15, -0.1) is 11.3 Å². The molecule has 176 valence electrons. The van der Waals surface area contributed by atoms with Gasteiger partial charge >= 0.3 is 0 Å². The Morgan fingerprint density at radius 3 is 2.52 bits per heavy atom. The monoisotopic (exact) mass is 491 g/mol. The predicted molar refractivity (Wildman–Crippen MR) is 123 cm³/mol. The Kier molecular flexibility index (Phi) is 6.66. The molecular weight excluding hydrogens is 466 g/mol. The quantitative estimate of drug-likeness (QED) is 0.597. The third-order valence-corrected chi connectivity index (χ3v) is 9.17. The lowest BCUT2D eigenvalue weighted by molar-refractivity contribution is -0.138. The number of sulfonamides is 1. The van der Waals surface area contributed by atoms with Crippen LogP contribution in [0.4, 0.5) is 5.69 Å². The van der Waals surface area contributed by atoms with Gasteiger partial charge in [-0.25, -0.2) is 8.42 Å². The topological polar surface area (TPSA) is 122 Å². The van der Waals surface area contributed by atoms with E-state index in [0.717, 1.165) is 16.9 Å². The van der Waals surface area contributed by atoms with Crippen LogP contribution in [0.3, 0.4) is 0 Å². The first-order valence-electron chi connectivity index (χ1n) is 10.7. The van der Waals surface area contributed by atoms with Crippen molar-refractivity contribution < 1.29 is 27.5 Å². The minimum absolute atomic E-state index is 0.0167. The maximum absolute atomic E-state index is 13.0. The lowest BCUT2D eigenvalue weighted by atomic mass is 9.72. The van der Waals surface area contributed by atoms with E-state index in [1.807, 2.05) is 6.92 Å². The van der Waals surface area contributed by atoms with Crippen molar-refractivity contribution in [2.45, 2.75) is 36.5 Å². The first-order chi connectivity index (χ1) is 15.8. The summed E-state index contributed by atoms with van der Waals surface area (Å²) in [5, 5.41) is 6.75. The van der Waals surface area contributed by atoms with Crippen LogP contribution < -0.4 is 10.6 Å². The average Bonchev–Trinajstić information content (AvgIpc) is 3.32. The summed E-state index contributed by atoms with van der Waals surface area (Å²) >= 11 is 1.06. The number of benzene rings is 1. The molecule has 2 saturated heterocycles. The molecule has 11 heteroatoms. The fraction of sp³-hybridized carbons (Fsp3) is 0.409. The van der Waals surface area contributed by atoms with Crippen molar-refractivity contribution in [3.05, 3.63) is 46.2 Å². The van der Waals surface area contributed by atoms with Gasteiger partial charge in [-0.2, -0.15) is 4.31 Å². The smallest absolute Gasteiger partial charge is 0.267 e. The SMILES string of the molecule is CCC1(c2ccc(NC(=O)c3sccc3S(=O)(=O)N3CCOCC3)cc2)CCC(=O)NC1=O. The van der Waals surface area contributed by atoms with Crippen molar-refractivity contribution in [2.24, 2.45) is 0 Å². The first-order valence-corrected chi connectivity index (χ1v) is 13.0. The summed E-state index contributed by atoms with van der Waals surface area (Å²) in [6.07, 6.45) is 1.24. The highest BCUT2D eigenvalue weighted by molar-refractivity contribution is 7.89. The van der Waals surface area contributed by atoms with Crippen molar-refractivity contribution in [1.82, 2.24) is 9.62 Å². The highest BCUT2D eigenvalue weighted by Crippen LogP contribution is 2.36. The molecule has 0 aliphatic carbocycles. The summed E-state index contributed by atoms with van der Waals surface area (Å²) in [7, 11) is -3.80. The van der Waals surface area contributed by atoms with Crippen molar-refractivity contribution >= 4 is 44.8 Å². The summed E-state index contributed by atoms with van der Waals surface area (Å²) in [5.74, 6) is -1.10. The maximum atomic E-state index is 13.0. The summed E-state index contributed by atoms with van der Waals surface area (Å²) in [5.41, 5.74) is 0.453. The third-order valence-electron chi connectivity index (χ3n) is 6.19. The molecule has 2 fully saturated rings. The van der Waals surface area contributed by atoms with Crippen LogP contribution in [0.15, 0.2) is 40.6 Å². The molecule has 1 aromatic carbocycles. The zero-order valence-corrected chi connectivity index (χ0v) is 19.8. The fourth-order valence-corrected chi connectivity index (χ4v) is 6.92. The number of morpholine rings is 1. The summed E-state index contributed by atoms with van der Waals surface area (Å²) < 4.78 is 32.6. The van der Waals surface area contributed by atoms with Gasteiger partial charge in [0.2, 0.25) is 21.8 Å². The molecular formula is C22H25N3O6S2. The van der Waals surface area contributed by atoms with E-state index in [-0.39, 0.29) is 41.1 Å². The Labute approximate surface area is 196 Å². The largest absolute Gasteiger partial charge is 0.379 e. The molecule has 0 saturated carbocycles. The molecule has 0 spiro atoms. The van der Waals surface area contributed by atoms with Crippen LogP contribution in [0.25, 0.3) is 0 Å². The normalized spacial score (nSPS) is 22.1. The van der Waals surface area contributed by atoms with Crippen molar-refractivity contribution in [1.29, 1.82) is 0 Å². The van der Waals surface area contributed by atoms with Crippen LogP contribution in [0.2, 0.25) is 0 Å². The number of imide groups is 1. The van der Waals surface area contributed by atoms with E-state index in [9.17, 15) is 22.8 Å². The van der Waals surface area contributed by atoms with Crippen LogP contribution in [-0.2, 0) is 29.8 Å². The number of carbonyl (C=O) groups is 3. The minimum Gasteiger partial charge on any atom is -0.379 e. The van der Waals surface area contributed by atoms with Gasteiger partial charge in [-0.05, 0) is 42.0 Å². The summed E-state index contributed by atoms with van der Waals surface area (Å²) in [4.78, 5) is 37.1. The van der Waals surface area contributed by atoms with Gasteiger partial charge in [0.1, 0.15) is 9.77 Å². The van der Waals surface area contributed by atoms with E-state index in [1.54, 1.807) is 29.6 Å². The number of nitrogens with one attached hydrogen (secondary N) is 2. The minimum atomic E-state index is -3.80. The molecule has 2 aromatic rings. The van der Waals surface area contributed by atoms with Gasteiger partial charge in [-0.1, -0.05) is 19.1 Å². The number of anilines is 1. The molecule has 1 aromatic heterocycles. The molecule has 4 rings (SSSR count). The zero-order chi connectivity index (χ0) is 23.6. The van der Waals surface area contributed by atoms with Crippen LogP contribution in [0, 0.1) is 0 Å². The zero-order valence-electron chi connectivity index (χ0n) is 18.1. The number of piperidine rings is 1. The van der Waals surface area contributed by atoms with E-state index in [0.29, 0.717) is 31.7 Å². The fourth-order valence-electron chi connectivity index (χ4n) is 4.22. The van der Waals surface area contributed by atoms with E-state index >= 15 is 0 Å². The van der Waals surface area contributed by atoms with Gasteiger partial charge in [-0.3, -0.25) is 19.7 Å². The van der Waals surface area contributed by atoms with Crippen LogP contribution in [0.1, 0.15) is 41.4 Å². The number of amides is 3. The molecule has 0 bridgehead atoms. The lowest BCUT2D eigenvalue weighted by Gasteiger charge is -2.35. The summed E-state index contributed by atoms with van der Waals surface area (Å²) in [6, 6.07) is 8.32. The molecule has 2 N–H and O–H groups in total. The molecule has 0 radical (unpaired) electrons. The lowest BCUT2D eigenvalue weighted by Crippen LogP contribution is -2.51. The Morgan fingerprint density at radius 2 is 1.88 bits per heavy atom. The van der Waals surface area contributed by atoms with Crippen LogP contribution in [-0.4, -0.2) is 56.7 Å². The van der Waals surface area contributed by atoms with Crippen molar-refractivity contribution in [3.8, 4) is 0 Å². The Bertz CT molecular complexity index is 1170. The standard InChI is InChI=1S/C22H25N3O6S2/c1-2-22(9-7-18(26)24-21(22)28)15-3-5-16(6-4-15)23-20(27)19-17(8-14-32-19)33(29,30)25-10-12-31-13-11-25/h3-6,8,14H,2,7,9-13H2,1H3,(H,23,27)(H,24,26,28). The highest BCUT2D eigenvalue weighted by atomic mass is 32.2. The second kappa shape index (κ2) is 9.34. The van der Waals surface area contributed by atoms with Gasteiger partial charge in [0.15, 0.2) is 0 Å². The molecule has 1 unspecified atom stereocenters.